The minimum atomic E-state index is 0. The van der Waals surface area contributed by atoms with Crippen LogP contribution in [-0.2, 0) is 4.74 Å². The first-order chi connectivity index (χ1) is 11.3. The van der Waals surface area contributed by atoms with Gasteiger partial charge in [-0.1, -0.05) is 6.42 Å². The molecule has 1 aliphatic carbocycles. The molecule has 0 amide bonds. The summed E-state index contributed by atoms with van der Waals surface area (Å²) in [6.45, 7) is 8.55. The second-order valence-electron chi connectivity index (χ2n) is 7.03. The van der Waals surface area contributed by atoms with Gasteiger partial charge in [0.05, 0.1) is 0 Å². The molecule has 0 aromatic heterocycles. The summed E-state index contributed by atoms with van der Waals surface area (Å²) < 4.78 is 5.64. The molecule has 2 rings (SSSR count). The standard InChI is InChI=1S/C18H36N4O.HI/c1-16-7-3-4-12-22(16)13-5-10-20-18(19-2)21-11-6-14-23-15-17-8-9-17;/h16-17H,3-15H2,1-2H3,(H2,19,20,21);1H. The number of aliphatic imine (C=N–C) groups is 1. The zero-order valence-corrected chi connectivity index (χ0v) is 17.9. The third-order valence-electron chi connectivity index (χ3n) is 4.89. The Morgan fingerprint density at radius 3 is 2.54 bits per heavy atom. The lowest BCUT2D eigenvalue weighted by atomic mass is 10.0. The molecule has 1 atom stereocenters. The number of nitrogens with zero attached hydrogens (tertiary/aromatic N) is 2. The highest BCUT2D eigenvalue weighted by Crippen LogP contribution is 2.28. The van der Waals surface area contributed by atoms with Crippen LogP contribution >= 0.6 is 24.0 Å². The number of nitrogens with one attached hydrogen (secondary N) is 2. The van der Waals surface area contributed by atoms with Gasteiger partial charge in [-0.05, 0) is 57.9 Å². The van der Waals surface area contributed by atoms with Crippen LogP contribution in [0, 0.1) is 5.92 Å². The topological polar surface area (TPSA) is 48.9 Å². The van der Waals surface area contributed by atoms with Gasteiger partial charge in [0.25, 0.3) is 0 Å². The fourth-order valence-electron chi connectivity index (χ4n) is 3.11. The molecule has 2 fully saturated rings. The van der Waals surface area contributed by atoms with E-state index in [4.69, 9.17) is 4.74 Å². The minimum Gasteiger partial charge on any atom is -0.381 e. The highest BCUT2D eigenvalue weighted by atomic mass is 127. The average Bonchev–Trinajstić information content (AvgIpc) is 3.38. The van der Waals surface area contributed by atoms with Gasteiger partial charge in [-0.2, -0.15) is 0 Å². The fraction of sp³-hybridized carbons (Fsp3) is 0.944. The number of hydrogen-bond donors (Lipinski definition) is 2. The summed E-state index contributed by atoms with van der Waals surface area (Å²) in [4.78, 5) is 6.91. The largest absolute Gasteiger partial charge is 0.381 e. The monoisotopic (exact) mass is 452 g/mol. The normalized spacial score (nSPS) is 22.1. The van der Waals surface area contributed by atoms with Crippen LogP contribution in [0.4, 0.5) is 0 Å². The first kappa shape index (κ1) is 22.0. The van der Waals surface area contributed by atoms with Gasteiger partial charge in [0.1, 0.15) is 0 Å². The van der Waals surface area contributed by atoms with Crippen molar-refractivity contribution in [2.75, 3.05) is 46.4 Å². The number of guanidine groups is 1. The van der Waals surface area contributed by atoms with Crippen molar-refractivity contribution in [3.8, 4) is 0 Å². The van der Waals surface area contributed by atoms with Crippen molar-refractivity contribution in [1.82, 2.24) is 15.5 Å². The van der Waals surface area contributed by atoms with E-state index in [1.807, 2.05) is 7.05 Å². The van der Waals surface area contributed by atoms with Gasteiger partial charge in [-0.3, -0.25) is 4.99 Å². The van der Waals surface area contributed by atoms with Gasteiger partial charge in [0.2, 0.25) is 0 Å². The zero-order chi connectivity index (χ0) is 16.3. The maximum atomic E-state index is 5.64. The summed E-state index contributed by atoms with van der Waals surface area (Å²) in [5, 5.41) is 6.78. The Hall–Kier alpha value is -0.0800. The van der Waals surface area contributed by atoms with E-state index < -0.39 is 0 Å². The van der Waals surface area contributed by atoms with E-state index >= 15 is 0 Å². The second-order valence-corrected chi connectivity index (χ2v) is 7.03. The highest BCUT2D eigenvalue weighted by Gasteiger charge is 2.20. The average molecular weight is 452 g/mol. The fourth-order valence-corrected chi connectivity index (χ4v) is 3.11. The van der Waals surface area contributed by atoms with E-state index in [1.165, 1.54) is 51.6 Å². The van der Waals surface area contributed by atoms with Crippen LogP contribution in [0.25, 0.3) is 0 Å². The summed E-state index contributed by atoms with van der Waals surface area (Å²) in [7, 11) is 1.84. The predicted molar refractivity (Wildman–Crippen MR) is 112 cm³/mol. The van der Waals surface area contributed by atoms with Crippen molar-refractivity contribution in [3.05, 3.63) is 0 Å². The molecule has 0 aromatic rings. The van der Waals surface area contributed by atoms with E-state index in [2.05, 4.69) is 27.4 Å². The summed E-state index contributed by atoms with van der Waals surface area (Å²) in [5.74, 6) is 1.78. The molecule has 0 radical (unpaired) electrons. The second kappa shape index (κ2) is 13.2. The minimum absolute atomic E-state index is 0. The van der Waals surface area contributed by atoms with E-state index in [9.17, 15) is 0 Å². The van der Waals surface area contributed by atoms with Crippen molar-refractivity contribution in [1.29, 1.82) is 0 Å². The van der Waals surface area contributed by atoms with Crippen molar-refractivity contribution < 1.29 is 4.74 Å². The van der Waals surface area contributed by atoms with Crippen LogP contribution in [0.5, 0.6) is 0 Å². The Morgan fingerprint density at radius 2 is 1.88 bits per heavy atom. The molecule has 1 heterocycles. The molecule has 0 aromatic carbocycles. The van der Waals surface area contributed by atoms with E-state index in [0.717, 1.165) is 50.6 Å². The smallest absolute Gasteiger partial charge is 0.190 e. The number of likely N-dealkylation sites (tertiary alicyclic amines) is 1. The van der Waals surface area contributed by atoms with Crippen LogP contribution < -0.4 is 10.6 Å². The summed E-state index contributed by atoms with van der Waals surface area (Å²) in [5.41, 5.74) is 0. The third-order valence-corrected chi connectivity index (χ3v) is 4.89. The SMILES string of the molecule is CN=C(NCCCOCC1CC1)NCCCN1CCCCC1C.I. The molecule has 2 N–H and O–H groups in total. The van der Waals surface area contributed by atoms with E-state index in [-0.39, 0.29) is 24.0 Å². The van der Waals surface area contributed by atoms with Crippen molar-refractivity contribution in [2.45, 2.75) is 57.9 Å². The van der Waals surface area contributed by atoms with Crippen LogP contribution in [0.2, 0.25) is 0 Å². The van der Waals surface area contributed by atoms with Gasteiger partial charge in [0.15, 0.2) is 5.96 Å². The molecule has 1 saturated heterocycles. The van der Waals surface area contributed by atoms with Gasteiger partial charge in [-0.25, -0.2) is 0 Å². The van der Waals surface area contributed by atoms with Crippen LogP contribution in [0.15, 0.2) is 4.99 Å². The molecular formula is C18H37IN4O. The molecule has 6 heteroatoms. The summed E-state index contributed by atoms with van der Waals surface area (Å²) in [6, 6.07) is 0.761. The van der Waals surface area contributed by atoms with Crippen LogP contribution in [0.1, 0.15) is 51.9 Å². The Bertz CT molecular complexity index is 350. The molecule has 24 heavy (non-hydrogen) atoms. The molecule has 142 valence electrons. The lowest BCUT2D eigenvalue weighted by molar-refractivity contribution is 0.123. The first-order valence-electron chi connectivity index (χ1n) is 9.56. The van der Waals surface area contributed by atoms with Gasteiger partial charge < -0.3 is 20.3 Å². The van der Waals surface area contributed by atoms with Gasteiger partial charge in [0, 0.05) is 45.9 Å². The van der Waals surface area contributed by atoms with Gasteiger partial charge >= 0.3 is 0 Å². The Labute approximate surface area is 165 Å². The first-order valence-corrected chi connectivity index (χ1v) is 9.56. The Balaban J connectivity index is 0.00000288. The zero-order valence-electron chi connectivity index (χ0n) is 15.6. The lowest BCUT2D eigenvalue weighted by Gasteiger charge is -2.33. The maximum absolute atomic E-state index is 5.64. The molecule has 2 aliphatic rings. The number of rotatable bonds is 10. The number of hydrogen-bond acceptors (Lipinski definition) is 3. The maximum Gasteiger partial charge on any atom is 0.190 e. The highest BCUT2D eigenvalue weighted by molar-refractivity contribution is 14.0. The Kier molecular flexibility index (Phi) is 12.0. The Morgan fingerprint density at radius 1 is 1.12 bits per heavy atom. The van der Waals surface area contributed by atoms with Crippen LogP contribution in [-0.4, -0.2) is 63.3 Å². The quantitative estimate of drug-likeness (QED) is 0.232. The van der Waals surface area contributed by atoms with Gasteiger partial charge in [-0.15, -0.1) is 24.0 Å². The molecule has 0 spiro atoms. The molecule has 1 aliphatic heterocycles. The number of halogens is 1. The summed E-state index contributed by atoms with van der Waals surface area (Å²) >= 11 is 0. The van der Waals surface area contributed by atoms with Crippen molar-refractivity contribution in [2.24, 2.45) is 10.9 Å². The van der Waals surface area contributed by atoms with Crippen molar-refractivity contribution in [3.63, 3.8) is 0 Å². The number of piperidine rings is 1. The van der Waals surface area contributed by atoms with E-state index in [1.54, 1.807) is 0 Å². The van der Waals surface area contributed by atoms with Crippen molar-refractivity contribution >= 4 is 29.9 Å². The van der Waals surface area contributed by atoms with Crippen LogP contribution in [0.3, 0.4) is 0 Å². The van der Waals surface area contributed by atoms with E-state index in [0.29, 0.717) is 0 Å². The third kappa shape index (κ3) is 9.42. The lowest BCUT2D eigenvalue weighted by Crippen LogP contribution is -2.41. The molecular weight excluding hydrogens is 415 g/mol. The summed E-state index contributed by atoms with van der Waals surface area (Å²) in [6.07, 6.45) is 9.07. The molecule has 1 unspecified atom stereocenters. The predicted octanol–water partition coefficient (Wildman–Crippen LogP) is 2.85. The molecule has 1 saturated carbocycles. The molecule has 0 bridgehead atoms. The number of ether oxygens (including phenoxy) is 1. The molecule has 5 nitrogen and oxygen atoms in total.